The second kappa shape index (κ2) is 7.03. The quantitative estimate of drug-likeness (QED) is 0.834. The molecule has 1 aromatic carbocycles. The van der Waals surface area contributed by atoms with Crippen LogP contribution in [0.3, 0.4) is 0 Å². The standard InChI is InChI=1S/C14H19BrN2O2/c15-11-3-1-2-10(8-11)9-14(18)17-12-4-6-13(19-16)7-5-12/h1-3,8,12-13H,4-7,9,16H2,(H,17,18). The Balaban J connectivity index is 1.79. The molecule has 0 radical (unpaired) electrons. The molecular formula is C14H19BrN2O2. The minimum Gasteiger partial charge on any atom is -0.353 e. The van der Waals surface area contributed by atoms with Crippen LogP contribution in [0.1, 0.15) is 31.2 Å². The zero-order chi connectivity index (χ0) is 13.7. The summed E-state index contributed by atoms with van der Waals surface area (Å²) in [7, 11) is 0. The molecule has 0 spiro atoms. The Bertz CT molecular complexity index is 431. The third kappa shape index (κ3) is 4.60. The van der Waals surface area contributed by atoms with E-state index in [1.54, 1.807) is 0 Å². The Hall–Kier alpha value is -0.910. The molecule has 2 rings (SSSR count). The molecule has 1 aliphatic rings. The van der Waals surface area contributed by atoms with E-state index in [0.29, 0.717) is 6.42 Å². The van der Waals surface area contributed by atoms with Crippen LogP contribution < -0.4 is 11.2 Å². The molecule has 104 valence electrons. The van der Waals surface area contributed by atoms with E-state index in [9.17, 15) is 4.79 Å². The Morgan fingerprint density at radius 1 is 1.37 bits per heavy atom. The molecule has 1 amide bonds. The average molecular weight is 327 g/mol. The molecule has 0 atom stereocenters. The van der Waals surface area contributed by atoms with E-state index in [-0.39, 0.29) is 18.1 Å². The number of benzene rings is 1. The summed E-state index contributed by atoms with van der Waals surface area (Å²) in [6, 6.07) is 8.08. The number of nitrogens with two attached hydrogens (primary N) is 1. The van der Waals surface area contributed by atoms with Gasteiger partial charge in [0.1, 0.15) is 0 Å². The van der Waals surface area contributed by atoms with E-state index in [1.807, 2.05) is 24.3 Å². The minimum atomic E-state index is 0.0789. The molecule has 0 saturated heterocycles. The largest absolute Gasteiger partial charge is 0.353 e. The topological polar surface area (TPSA) is 64.3 Å². The van der Waals surface area contributed by atoms with Gasteiger partial charge < -0.3 is 10.2 Å². The van der Waals surface area contributed by atoms with Crippen LogP contribution in [0.5, 0.6) is 0 Å². The number of hydrogen-bond donors (Lipinski definition) is 2. The number of nitrogens with one attached hydrogen (secondary N) is 1. The van der Waals surface area contributed by atoms with Crippen molar-refractivity contribution in [2.24, 2.45) is 5.90 Å². The van der Waals surface area contributed by atoms with E-state index < -0.39 is 0 Å². The zero-order valence-corrected chi connectivity index (χ0v) is 12.4. The number of hydrogen-bond acceptors (Lipinski definition) is 3. The van der Waals surface area contributed by atoms with Crippen LogP contribution >= 0.6 is 15.9 Å². The lowest BCUT2D eigenvalue weighted by Crippen LogP contribution is -2.40. The summed E-state index contributed by atoms with van der Waals surface area (Å²) < 4.78 is 0.999. The van der Waals surface area contributed by atoms with Gasteiger partial charge in [0.25, 0.3) is 0 Å². The highest BCUT2D eigenvalue weighted by Gasteiger charge is 2.22. The van der Waals surface area contributed by atoms with E-state index in [2.05, 4.69) is 21.2 Å². The number of carbonyl (C=O) groups is 1. The summed E-state index contributed by atoms with van der Waals surface area (Å²) >= 11 is 3.41. The van der Waals surface area contributed by atoms with Crippen molar-refractivity contribution in [3.63, 3.8) is 0 Å². The first-order chi connectivity index (χ1) is 9.17. The molecule has 0 aromatic heterocycles. The monoisotopic (exact) mass is 326 g/mol. The molecular weight excluding hydrogens is 308 g/mol. The van der Waals surface area contributed by atoms with Gasteiger partial charge in [-0.2, -0.15) is 0 Å². The highest BCUT2D eigenvalue weighted by Crippen LogP contribution is 2.20. The third-order valence-corrected chi connectivity index (χ3v) is 3.98. The molecule has 0 unspecified atom stereocenters. The van der Waals surface area contributed by atoms with E-state index in [1.165, 1.54) is 0 Å². The van der Waals surface area contributed by atoms with Gasteiger partial charge in [-0.25, -0.2) is 5.90 Å². The molecule has 0 heterocycles. The van der Waals surface area contributed by atoms with Gasteiger partial charge in [-0.05, 0) is 43.4 Å². The summed E-state index contributed by atoms with van der Waals surface area (Å²) in [6.45, 7) is 0. The first-order valence-corrected chi connectivity index (χ1v) is 7.36. The molecule has 5 heteroatoms. The maximum Gasteiger partial charge on any atom is 0.224 e. The van der Waals surface area contributed by atoms with Crippen molar-refractivity contribution in [2.75, 3.05) is 0 Å². The van der Waals surface area contributed by atoms with E-state index in [0.717, 1.165) is 35.7 Å². The second-order valence-electron chi connectivity index (χ2n) is 4.98. The average Bonchev–Trinajstić information content (AvgIpc) is 2.39. The summed E-state index contributed by atoms with van der Waals surface area (Å²) in [5, 5.41) is 3.08. The van der Waals surface area contributed by atoms with Gasteiger partial charge >= 0.3 is 0 Å². The summed E-state index contributed by atoms with van der Waals surface area (Å²) in [6.07, 6.45) is 4.28. The smallest absolute Gasteiger partial charge is 0.224 e. The lowest BCUT2D eigenvalue weighted by molar-refractivity contribution is -0.121. The van der Waals surface area contributed by atoms with Crippen LogP contribution in [0, 0.1) is 0 Å². The van der Waals surface area contributed by atoms with Crippen LogP contribution in [0.25, 0.3) is 0 Å². The Kier molecular flexibility index (Phi) is 5.36. The summed E-state index contributed by atoms with van der Waals surface area (Å²) in [4.78, 5) is 16.8. The van der Waals surface area contributed by atoms with Crippen molar-refractivity contribution in [1.82, 2.24) is 5.32 Å². The van der Waals surface area contributed by atoms with Crippen LogP contribution in [0.2, 0.25) is 0 Å². The number of rotatable bonds is 4. The van der Waals surface area contributed by atoms with Crippen molar-refractivity contribution in [1.29, 1.82) is 0 Å². The van der Waals surface area contributed by atoms with Gasteiger partial charge in [0.05, 0.1) is 12.5 Å². The second-order valence-corrected chi connectivity index (χ2v) is 5.90. The number of carbonyl (C=O) groups excluding carboxylic acids is 1. The molecule has 1 saturated carbocycles. The Morgan fingerprint density at radius 3 is 2.74 bits per heavy atom. The lowest BCUT2D eigenvalue weighted by atomic mass is 9.93. The molecule has 1 aromatic rings. The number of halogens is 1. The van der Waals surface area contributed by atoms with Gasteiger partial charge in [-0.1, -0.05) is 28.1 Å². The van der Waals surface area contributed by atoms with Crippen molar-refractivity contribution in [3.05, 3.63) is 34.3 Å². The minimum absolute atomic E-state index is 0.0789. The van der Waals surface area contributed by atoms with Crippen LogP contribution in [-0.4, -0.2) is 18.1 Å². The maximum absolute atomic E-state index is 12.0. The van der Waals surface area contributed by atoms with Gasteiger partial charge in [0, 0.05) is 10.5 Å². The summed E-state index contributed by atoms with van der Waals surface area (Å²) in [5.41, 5.74) is 1.02. The summed E-state index contributed by atoms with van der Waals surface area (Å²) in [5.74, 6) is 5.25. The van der Waals surface area contributed by atoms with Gasteiger partial charge in [0.15, 0.2) is 0 Å². The fraction of sp³-hybridized carbons (Fsp3) is 0.500. The lowest BCUT2D eigenvalue weighted by Gasteiger charge is -2.27. The predicted molar refractivity (Wildman–Crippen MR) is 77.3 cm³/mol. The molecule has 4 nitrogen and oxygen atoms in total. The van der Waals surface area contributed by atoms with Gasteiger partial charge in [-0.15, -0.1) is 0 Å². The molecule has 19 heavy (non-hydrogen) atoms. The first kappa shape index (κ1) is 14.5. The predicted octanol–water partition coefficient (Wildman–Crippen LogP) is 2.31. The molecule has 0 aliphatic heterocycles. The van der Waals surface area contributed by atoms with Crippen LogP contribution in [0.15, 0.2) is 28.7 Å². The Morgan fingerprint density at radius 2 is 2.11 bits per heavy atom. The van der Waals surface area contributed by atoms with E-state index >= 15 is 0 Å². The van der Waals surface area contributed by atoms with E-state index in [4.69, 9.17) is 10.7 Å². The molecule has 0 bridgehead atoms. The van der Waals surface area contributed by atoms with Crippen LogP contribution in [0.4, 0.5) is 0 Å². The maximum atomic E-state index is 12.0. The molecule has 1 aliphatic carbocycles. The Labute approximate surface area is 121 Å². The highest BCUT2D eigenvalue weighted by molar-refractivity contribution is 9.10. The third-order valence-electron chi connectivity index (χ3n) is 3.49. The van der Waals surface area contributed by atoms with Gasteiger partial charge in [-0.3, -0.25) is 4.79 Å². The van der Waals surface area contributed by atoms with Crippen LogP contribution in [-0.2, 0) is 16.1 Å². The first-order valence-electron chi connectivity index (χ1n) is 6.56. The molecule has 1 fully saturated rings. The van der Waals surface area contributed by atoms with Crippen molar-refractivity contribution in [3.8, 4) is 0 Å². The SMILES string of the molecule is NOC1CCC(NC(=O)Cc2cccc(Br)c2)CC1. The zero-order valence-electron chi connectivity index (χ0n) is 10.8. The number of amides is 1. The van der Waals surface area contributed by atoms with Gasteiger partial charge in [0.2, 0.25) is 5.91 Å². The molecule has 3 N–H and O–H groups in total. The van der Waals surface area contributed by atoms with Crippen molar-refractivity contribution >= 4 is 21.8 Å². The van der Waals surface area contributed by atoms with Crippen molar-refractivity contribution in [2.45, 2.75) is 44.2 Å². The fourth-order valence-corrected chi connectivity index (χ4v) is 2.90. The fourth-order valence-electron chi connectivity index (χ4n) is 2.45. The highest BCUT2D eigenvalue weighted by atomic mass is 79.9. The normalized spacial score (nSPS) is 23.1. The van der Waals surface area contributed by atoms with Crippen molar-refractivity contribution < 1.29 is 9.63 Å².